The van der Waals surface area contributed by atoms with Gasteiger partial charge in [-0.25, -0.2) is 9.78 Å². The van der Waals surface area contributed by atoms with E-state index in [-0.39, 0.29) is 0 Å². The maximum atomic E-state index is 10.4. The van der Waals surface area contributed by atoms with Crippen molar-refractivity contribution < 1.29 is 9.90 Å². The molecule has 4 nitrogen and oxygen atoms in total. The molecule has 0 fully saturated rings. The fourth-order valence-corrected chi connectivity index (χ4v) is 1.90. The second-order valence-electron chi connectivity index (χ2n) is 4.24. The van der Waals surface area contributed by atoms with Gasteiger partial charge in [-0.3, -0.25) is 0 Å². The molecule has 0 unspecified atom stereocenters. The van der Waals surface area contributed by atoms with Gasteiger partial charge in [0.1, 0.15) is 5.82 Å². The van der Waals surface area contributed by atoms with Crippen LogP contribution in [0.25, 0.3) is 6.08 Å². The maximum absolute atomic E-state index is 10.4. The van der Waals surface area contributed by atoms with Gasteiger partial charge in [0.25, 0.3) is 0 Å². The van der Waals surface area contributed by atoms with Crippen LogP contribution < -0.4 is 0 Å². The molecular weight excluding hydrogens is 240 g/mol. The normalized spacial score (nSPS) is 11.0. The van der Waals surface area contributed by atoms with Gasteiger partial charge in [0.05, 0.1) is 0 Å². The van der Waals surface area contributed by atoms with E-state index in [2.05, 4.69) is 16.5 Å². The molecule has 0 atom stereocenters. The zero-order chi connectivity index (χ0) is 13.7. The lowest BCUT2D eigenvalue weighted by Gasteiger charge is -2.06. The van der Waals surface area contributed by atoms with Gasteiger partial charge in [0.2, 0.25) is 0 Å². The minimum absolute atomic E-state index is 0.784. The Bertz CT molecular complexity index is 582. The Morgan fingerprint density at radius 2 is 2.11 bits per heavy atom. The molecule has 2 rings (SSSR count). The number of aliphatic carboxylic acids is 1. The van der Waals surface area contributed by atoms with Crippen LogP contribution in [0, 0.1) is 0 Å². The third-order valence-electron chi connectivity index (χ3n) is 2.87. The SMILES string of the molecule is CCc1nccn1Cc1ccc(C=CC(=O)O)cc1. The number of carboxylic acid groups (broad SMARTS) is 1. The highest BCUT2D eigenvalue weighted by atomic mass is 16.4. The van der Waals surface area contributed by atoms with Gasteiger partial charge in [-0.15, -0.1) is 0 Å². The molecule has 0 bridgehead atoms. The Morgan fingerprint density at radius 3 is 2.74 bits per heavy atom. The molecule has 0 aliphatic carbocycles. The first-order valence-electron chi connectivity index (χ1n) is 6.19. The molecule has 0 amide bonds. The van der Waals surface area contributed by atoms with E-state index >= 15 is 0 Å². The third-order valence-corrected chi connectivity index (χ3v) is 2.87. The average Bonchev–Trinajstić information content (AvgIpc) is 2.85. The number of rotatable bonds is 5. The molecule has 0 saturated heterocycles. The predicted octanol–water partition coefficient (Wildman–Crippen LogP) is 2.59. The van der Waals surface area contributed by atoms with Crippen molar-refractivity contribution in [1.82, 2.24) is 9.55 Å². The lowest BCUT2D eigenvalue weighted by atomic mass is 10.1. The third kappa shape index (κ3) is 3.55. The Balaban J connectivity index is 2.09. The fraction of sp³-hybridized carbons (Fsp3) is 0.200. The molecular formula is C15H16N2O2. The summed E-state index contributed by atoms with van der Waals surface area (Å²) in [5, 5.41) is 8.56. The molecule has 2 aromatic rings. The molecule has 0 aliphatic rings. The zero-order valence-electron chi connectivity index (χ0n) is 10.8. The summed E-state index contributed by atoms with van der Waals surface area (Å²) in [5.74, 6) is 0.130. The van der Waals surface area contributed by atoms with Crippen LogP contribution in [-0.4, -0.2) is 20.6 Å². The molecule has 0 aliphatic heterocycles. The van der Waals surface area contributed by atoms with E-state index in [9.17, 15) is 4.79 Å². The van der Waals surface area contributed by atoms with Crippen molar-refractivity contribution in [2.45, 2.75) is 19.9 Å². The quantitative estimate of drug-likeness (QED) is 0.836. The van der Waals surface area contributed by atoms with Gasteiger partial charge in [0, 0.05) is 31.4 Å². The minimum atomic E-state index is -0.935. The standard InChI is InChI=1S/C15H16N2O2/c1-2-14-16-9-10-17(14)11-13-5-3-12(4-6-13)7-8-15(18)19/h3-10H,2,11H2,1H3,(H,18,19). The lowest BCUT2D eigenvalue weighted by molar-refractivity contribution is -0.131. The molecule has 1 heterocycles. The number of carboxylic acids is 1. The Hall–Kier alpha value is -2.36. The topological polar surface area (TPSA) is 55.1 Å². The van der Waals surface area contributed by atoms with Crippen LogP contribution in [0.5, 0.6) is 0 Å². The number of aryl methyl sites for hydroxylation is 1. The van der Waals surface area contributed by atoms with Gasteiger partial charge in [-0.1, -0.05) is 31.2 Å². The summed E-state index contributed by atoms with van der Waals surface area (Å²) in [7, 11) is 0. The summed E-state index contributed by atoms with van der Waals surface area (Å²) in [5.41, 5.74) is 2.05. The van der Waals surface area contributed by atoms with Crippen LogP contribution in [0.4, 0.5) is 0 Å². The Kier molecular flexibility index (Phi) is 4.13. The first-order chi connectivity index (χ1) is 9.19. The van der Waals surface area contributed by atoms with E-state index in [0.717, 1.165) is 30.4 Å². The molecule has 0 radical (unpaired) electrons. The average molecular weight is 256 g/mol. The van der Waals surface area contributed by atoms with Crippen molar-refractivity contribution >= 4 is 12.0 Å². The van der Waals surface area contributed by atoms with Crippen LogP contribution in [0.1, 0.15) is 23.9 Å². The van der Waals surface area contributed by atoms with Gasteiger partial charge in [-0.05, 0) is 17.2 Å². The number of carbonyl (C=O) groups is 1. The predicted molar refractivity (Wildman–Crippen MR) is 73.8 cm³/mol. The first-order valence-corrected chi connectivity index (χ1v) is 6.19. The van der Waals surface area contributed by atoms with Crippen LogP contribution in [0.2, 0.25) is 0 Å². The molecule has 1 aromatic carbocycles. The number of hydrogen-bond acceptors (Lipinski definition) is 2. The number of imidazole rings is 1. The van der Waals surface area contributed by atoms with E-state index in [1.165, 1.54) is 5.56 Å². The van der Waals surface area contributed by atoms with Crippen molar-refractivity contribution in [3.05, 3.63) is 59.7 Å². The Labute approximate surface area is 112 Å². The smallest absolute Gasteiger partial charge is 0.328 e. The van der Waals surface area contributed by atoms with Gasteiger partial charge < -0.3 is 9.67 Å². The molecule has 0 saturated carbocycles. The fourth-order valence-electron chi connectivity index (χ4n) is 1.90. The Morgan fingerprint density at radius 1 is 1.37 bits per heavy atom. The zero-order valence-corrected chi connectivity index (χ0v) is 10.8. The second kappa shape index (κ2) is 6.00. The van der Waals surface area contributed by atoms with E-state index < -0.39 is 5.97 Å². The van der Waals surface area contributed by atoms with Crippen LogP contribution in [0.15, 0.2) is 42.7 Å². The summed E-state index contributed by atoms with van der Waals surface area (Å²) in [6.45, 7) is 2.87. The highest BCUT2D eigenvalue weighted by Gasteiger charge is 2.01. The van der Waals surface area contributed by atoms with Gasteiger partial charge in [-0.2, -0.15) is 0 Å². The highest BCUT2D eigenvalue weighted by molar-refractivity contribution is 5.85. The molecule has 19 heavy (non-hydrogen) atoms. The van der Waals surface area contributed by atoms with E-state index in [1.54, 1.807) is 6.08 Å². The minimum Gasteiger partial charge on any atom is -0.478 e. The van der Waals surface area contributed by atoms with Gasteiger partial charge >= 0.3 is 5.97 Å². The lowest BCUT2D eigenvalue weighted by Crippen LogP contribution is -2.03. The van der Waals surface area contributed by atoms with Crippen LogP contribution >= 0.6 is 0 Å². The van der Waals surface area contributed by atoms with Crippen LogP contribution in [-0.2, 0) is 17.8 Å². The summed E-state index contributed by atoms with van der Waals surface area (Å²) in [6, 6.07) is 7.83. The second-order valence-corrected chi connectivity index (χ2v) is 4.24. The van der Waals surface area contributed by atoms with Crippen molar-refractivity contribution in [2.24, 2.45) is 0 Å². The largest absolute Gasteiger partial charge is 0.478 e. The molecule has 1 aromatic heterocycles. The summed E-state index contributed by atoms with van der Waals surface area (Å²) in [6.07, 6.45) is 7.41. The molecule has 0 spiro atoms. The number of nitrogens with zero attached hydrogens (tertiary/aromatic N) is 2. The van der Waals surface area contributed by atoms with E-state index in [1.807, 2.05) is 36.7 Å². The molecule has 1 N–H and O–H groups in total. The highest BCUT2D eigenvalue weighted by Crippen LogP contribution is 2.09. The van der Waals surface area contributed by atoms with Crippen molar-refractivity contribution in [3.8, 4) is 0 Å². The van der Waals surface area contributed by atoms with Gasteiger partial charge in [0.15, 0.2) is 0 Å². The van der Waals surface area contributed by atoms with E-state index in [4.69, 9.17) is 5.11 Å². The van der Waals surface area contributed by atoms with Crippen molar-refractivity contribution in [3.63, 3.8) is 0 Å². The molecule has 98 valence electrons. The monoisotopic (exact) mass is 256 g/mol. The number of benzene rings is 1. The van der Waals surface area contributed by atoms with E-state index in [0.29, 0.717) is 0 Å². The summed E-state index contributed by atoms with van der Waals surface area (Å²) in [4.78, 5) is 14.7. The van der Waals surface area contributed by atoms with Crippen molar-refractivity contribution in [2.75, 3.05) is 0 Å². The molecule has 4 heteroatoms. The number of hydrogen-bond donors (Lipinski definition) is 1. The number of aromatic nitrogens is 2. The first kappa shape index (κ1) is 13.1. The summed E-state index contributed by atoms with van der Waals surface area (Å²) >= 11 is 0. The summed E-state index contributed by atoms with van der Waals surface area (Å²) < 4.78 is 2.11. The van der Waals surface area contributed by atoms with Crippen molar-refractivity contribution in [1.29, 1.82) is 0 Å². The van der Waals surface area contributed by atoms with Crippen LogP contribution in [0.3, 0.4) is 0 Å². The maximum Gasteiger partial charge on any atom is 0.328 e.